The quantitative estimate of drug-likeness (QED) is 0.548. The first-order chi connectivity index (χ1) is 7.42. The number of hydrogen-bond acceptors (Lipinski definition) is 5. The molecule has 1 rings (SSSR count). The van der Waals surface area contributed by atoms with E-state index < -0.39 is 5.60 Å². The lowest BCUT2D eigenvalue weighted by molar-refractivity contribution is -0.0110. The first-order valence-corrected chi connectivity index (χ1v) is 5.22. The molecule has 90 valence electrons. The number of nitrogens with two attached hydrogens (primary N) is 2. The molecule has 0 aliphatic carbocycles. The second-order valence-corrected chi connectivity index (χ2v) is 4.47. The SMILES string of the molecule is COC(C)(C)C(NN)c1cc(Cl)cnc1N. The number of nitrogens with one attached hydrogen (secondary N) is 1. The van der Waals surface area contributed by atoms with Crippen LogP contribution in [0.3, 0.4) is 0 Å². The Morgan fingerprint density at radius 2 is 2.19 bits per heavy atom. The number of halogens is 1. The van der Waals surface area contributed by atoms with Crippen LogP contribution in [0.5, 0.6) is 0 Å². The smallest absolute Gasteiger partial charge is 0.128 e. The van der Waals surface area contributed by atoms with Gasteiger partial charge in [0, 0.05) is 18.9 Å². The topological polar surface area (TPSA) is 86.2 Å². The second-order valence-electron chi connectivity index (χ2n) is 4.04. The zero-order valence-corrected chi connectivity index (χ0v) is 10.4. The Morgan fingerprint density at radius 1 is 1.56 bits per heavy atom. The Bertz CT molecular complexity index is 370. The van der Waals surface area contributed by atoms with Gasteiger partial charge in [-0.2, -0.15) is 0 Å². The standard InChI is InChI=1S/C10H17ClN4O/c1-10(2,16-3)8(15-13)7-4-6(11)5-14-9(7)12/h4-5,8,15H,13H2,1-3H3,(H2,12,14). The summed E-state index contributed by atoms with van der Waals surface area (Å²) in [5, 5.41) is 0.511. The number of aromatic nitrogens is 1. The van der Waals surface area contributed by atoms with E-state index in [0.717, 1.165) is 5.56 Å². The maximum absolute atomic E-state index is 5.88. The number of hydrazine groups is 1. The number of anilines is 1. The van der Waals surface area contributed by atoms with Gasteiger partial charge in [-0.1, -0.05) is 11.6 Å². The molecule has 0 aliphatic heterocycles. The highest BCUT2D eigenvalue weighted by Crippen LogP contribution is 2.31. The van der Waals surface area contributed by atoms with Crippen molar-refractivity contribution in [2.75, 3.05) is 12.8 Å². The van der Waals surface area contributed by atoms with Crippen molar-refractivity contribution in [2.24, 2.45) is 5.84 Å². The van der Waals surface area contributed by atoms with E-state index in [4.69, 9.17) is 27.9 Å². The average Bonchev–Trinajstić information content (AvgIpc) is 2.24. The molecule has 0 aliphatic rings. The van der Waals surface area contributed by atoms with Crippen LogP contribution < -0.4 is 17.0 Å². The summed E-state index contributed by atoms with van der Waals surface area (Å²) in [5.74, 6) is 5.92. The monoisotopic (exact) mass is 244 g/mol. The molecule has 16 heavy (non-hydrogen) atoms. The molecule has 0 bridgehead atoms. The van der Waals surface area contributed by atoms with Crippen molar-refractivity contribution in [3.63, 3.8) is 0 Å². The van der Waals surface area contributed by atoms with E-state index in [9.17, 15) is 0 Å². The van der Waals surface area contributed by atoms with Gasteiger partial charge >= 0.3 is 0 Å². The zero-order valence-electron chi connectivity index (χ0n) is 9.62. The number of rotatable bonds is 4. The summed E-state index contributed by atoms with van der Waals surface area (Å²) < 4.78 is 5.37. The minimum atomic E-state index is -0.519. The number of pyridine rings is 1. The van der Waals surface area contributed by atoms with Crippen molar-refractivity contribution < 1.29 is 4.74 Å². The molecular formula is C10H17ClN4O. The van der Waals surface area contributed by atoms with Gasteiger partial charge in [0.15, 0.2) is 0 Å². The Balaban J connectivity index is 3.18. The molecule has 0 aromatic carbocycles. The third-order valence-electron chi connectivity index (χ3n) is 2.62. The second kappa shape index (κ2) is 4.97. The molecule has 1 heterocycles. The number of nitrogens with zero attached hydrogens (tertiary/aromatic N) is 1. The van der Waals surface area contributed by atoms with Gasteiger partial charge in [-0.3, -0.25) is 5.84 Å². The fraction of sp³-hybridized carbons (Fsp3) is 0.500. The molecule has 1 aromatic heterocycles. The minimum Gasteiger partial charge on any atom is -0.383 e. The van der Waals surface area contributed by atoms with Crippen molar-refractivity contribution in [2.45, 2.75) is 25.5 Å². The summed E-state index contributed by atoms with van der Waals surface area (Å²) in [4.78, 5) is 3.99. The molecule has 1 aromatic rings. The van der Waals surface area contributed by atoms with Crippen LogP contribution in [0.1, 0.15) is 25.5 Å². The van der Waals surface area contributed by atoms with E-state index in [2.05, 4.69) is 10.4 Å². The molecule has 1 atom stereocenters. The molecule has 0 radical (unpaired) electrons. The Kier molecular flexibility index (Phi) is 4.09. The van der Waals surface area contributed by atoms with Gasteiger partial charge in [-0.25, -0.2) is 10.4 Å². The van der Waals surface area contributed by atoms with Crippen molar-refractivity contribution in [3.8, 4) is 0 Å². The van der Waals surface area contributed by atoms with Crippen molar-refractivity contribution >= 4 is 17.4 Å². The van der Waals surface area contributed by atoms with Crippen LogP contribution in [0.15, 0.2) is 12.3 Å². The van der Waals surface area contributed by atoms with Gasteiger partial charge in [0.1, 0.15) is 5.82 Å². The lowest BCUT2D eigenvalue weighted by atomic mass is 9.92. The largest absolute Gasteiger partial charge is 0.383 e. The predicted octanol–water partition coefficient (Wildman–Crippen LogP) is 1.25. The summed E-state index contributed by atoms with van der Waals surface area (Å²) in [6.07, 6.45) is 1.49. The van der Waals surface area contributed by atoms with Crippen molar-refractivity contribution in [1.29, 1.82) is 0 Å². The van der Waals surface area contributed by atoms with E-state index in [1.165, 1.54) is 6.20 Å². The van der Waals surface area contributed by atoms with Gasteiger partial charge in [0.2, 0.25) is 0 Å². The van der Waals surface area contributed by atoms with E-state index in [1.807, 2.05) is 13.8 Å². The summed E-state index contributed by atoms with van der Waals surface area (Å²) in [6, 6.07) is 1.44. The minimum absolute atomic E-state index is 0.288. The first kappa shape index (κ1) is 13.2. The number of methoxy groups -OCH3 is 1. The van der Waals surface area contributed by atoms with Crippen LogP contribution >= 0.6 is 11.6 Å². The van der Waals surface area contributed by atoms with Crippen LogP contribution in [-0.4, -0.2) is 17.7 Å². The molecule has 0 amide bonds. The van der Waals surface area contributed by atoms with Gasteiger partial charge in [-0.15, -0.1) is 0 Å². The Labute approximate surface area is 100 Å². The highest BCUT2D eigenvalue weighted by atomic mass is 35.5. The van der Waals surface area contributed by atoms with Crippen LogP contribution in [0.4, 0.5) is 5.82 Å². The summed E-state index contributed by atoms with van der Waals surface area (Å²) in [7, 11) is 1.61. The van der Waals surface area contributed by atoms with Crippen molar-refractivity contribution in [1.82, 2.24) is 10.4 Å². The number of nitrogen functional groups attached to an aromatic ring is 1. The molecule has 5 nitrogen and oxygen atoms in total. The lowest BCUT2D eigenvalue weighted by Crippen LogP contribution is -2.44. The van der Waals surface area contributed by atoms with Gasteiger partial charge in [0.25, 0.3) is 0 Å². The maximum Gasteiger partial charge on any atom is 0.128 e. The van der Waals surface area contributed by atoms with Gasteiger partial charge in [-0.05, 0) is 19.9 Å². The highest BCUT2D eigenvalue weighted by Gasteiger charge is 2.31. The number of ether oxygens (including phenoxy) is 1. The number of hydrogen-bond donors (Lipinski definition) is 3. The van der Waals surface area contributed by atoms with Crippen LogP contribution in [0.2, 0.25) is 5.02 Å². The third kappa shape index (κ3) is 2.62. The first-order valence-electron chi connectivity index (χ1n) is 4.84. The summed E-state index contributed by atoms with van der Waals surface area (Å²) in [6.45, 7) is 3.80. The van der Waals surface area contributed by atoms with E-state index >= 15 is 0 Å². The predicted molar refractivity (Wildman–Crippen MR) is 64.8 cm³/mol. The molecule has 0 saturated heterocycles. The van der Waals surface area contributed by atoms with E-state index in [0.29, 0.717) is 10.8 Å². The highest BCUT2D eigenvalue weighted by molar-refractivity contribution is 6.30. The average molecular weight is 245 g/mol. The fourth-order valence-electron chi connectivity index (χ4n) is 1.48. The molecular weight excluding hydrogens is 228 g/mol. The molecule has 5 N–H and O–H groups in total. The van der Waals surface area contributed by atoms with Crippen LogP contribution in [-0.2, 0) is 4.74 Å². The third-order valence-corrected chi connectivity index (χ3v) is 2.82. The molecule has 0 saturated carbocycles. The van der Waals surface area contributed by atoms with Gasteiger partial charge < -0.3 is 10.5 Å². The van der Waals surface area contributed by atoms with Crippen LogP contribution in [0.25, 0.3) is 0 Å². The molecule has 1 unspecified atom stereocenters. The fourth-order valence-corrected chi connectivity index (χ4v) is 1.65. The Hall–Kier alpha value is -0.880. The van der Waals surface area contributed by atoms with E-state index in [1.54, 1.807) is 13.2 Å². The zero-order chi connectivity index (χ0) is 12.3. The lowest BCUT2D eigenvalue weighted by Gasteiger charge is -2.33. The van der Waals surface area contributed by atoms with E-state index in [-0.39, 0.29) is 6.04 Å². The summed E-state index contributed by atoms with van der Waals surface area (Å²) in [5.41, 5.74) is 8.68. The Morgan fingerprint density at radius 3 is 2.69 bits per heavy atom. The molecule has 0 spiro atoms. The van der Waals surface area contributed by atoms with Crippen LogP contribution in [0, 0.1) is 0 Å². The summed E-state index contributed by atoms with van der Waals surface area (Å²) >= 11 is 5.88. The van der Waals surface area contributed by atoms with Crippen molar-refractivity contribution in [3.05, 3.63) is 22.8 Å². The maximum atomic E-state index is 5.88. The van der Waals surface area contributed by atoms with Gasteiger partial charge in [0.05, 0.1) is 16.7 Å². The normalized spacial score (nSPS) is 13.8. The molecule has 0 fully saturated rings. The molecule has 6 heteroatoms.